The lowest BCUT2D eigenvalue weighted by molar-refractivity contribution is -0.126. The van der Waals surface area contributed by atoms with Crippen LogP contribution in [0.4, 0.5) is 5.69 Å². The lowest BCUT2D eigenvalue weighted by Crippen LogP contribution is -2.31. The smallest absolute Gasteiger partial charge is 0.390 e. The first-order valence-corrected chi connectivity index (χ1v) is 42.9. The Morgan fingerprint density at radius 1 is 0.584 bits per heavy atom. The fraction of sp³-hybridized carbons (Fsp3) is 0.694. The maximum absolute atomic E-state index is 14.0. The summed E-state index contributed by atoms with van der Waals surface area (Å²) < 4.78 is 103. The number of aliphatic hydroxyl groups is 1. The second kappa shape index (κ2) is 41.8. The van der Waals surface area contributed by atoms with Crippen molar-refractivity contribution in [1.29, 1.82) is 0 Å². The van der Waals surface area contributed by atoms with Crippen LogP contribution >= 0.6 is 28.0 Å². The molecule has 3 aromatic rings. The summed E-state index contributed by atoms with van der Waals surface area (Å²) in [5.41, 5.74) is 10.3. The van der Waals surface area contributed by atoms with Crippen LogP contribution < -0.4 is 10.6 Å². The average molecular weight is 1560 g/mol. The van der Waals surface area contributed by atoms with Gasteiger partial charge >= 0.3 is 28.0 Å². The number of unbranched alkanes of at least 4 members (excludes halogenated alkanes) is 1. The van der Waals surface area contributed by atoms with E-state index >= 15 is 0 Å². The summed E-state index contributed by atoms with van der Waals surface area (Å²) >= 11 is 15.7. The van der Waals surface area contributed by atoms with Crippen LogP contribution in [0.2, 0.25) is 0 Å². The summed E-state index contributed by atoms with van der Waals surface area (Å²) in [5, 5.41) is 19.1. The van der Waals surface area contributed by atoms with Crippen molar-refractivity contribution in [3.8, 4) is 22.5 Å². The Hall–Kier alpha value is -3.13. The normalized spacial score (nSPS) is 23.9. The highest BCUT2D eigenvalue weighted by Crippen LogP contribution is 2.52. The van der Waals surface area contributed by atoms with E-state index in [1.165, 1.54) is 6.92 Å². The molecule has 39 heteroatoms. The Bertz CT molecular complexity index is 3380. The van der Waals surface area contributed by atoms with Crippen molar-refractivity contribution >= 4 is 98.3 Å². The Morgan fingerprint density at radius 3 is 1.59 bits per heavy atom. The maximum Gasteiger partial charge on any atom is 0.472 e. The number of benzene rings is 2. The number of phosphoric ester groups is 1. The van der Waals surface area contributed by atoms with Gasteiger partial charge < -0.3 is 105 Å². The number of Topliss-reactive ketones (excluding diaryl/α,β-unsaturated/α-hetero) is 3. The molecule has 4 saturated heterocycles. The molecule has 0 spiro atoms. The molecule has 5 aliphatic rings. The monoisotopic (exact) mass is 1560 g/mol. The number of carbonyl (C=O) groups is 5. The van der Waals surface area contributed by atoms with Crippen LogP contribution in [0.15, 0.2) is 48.5 Å². The molecule has 6 unspecified atom stereocenters. The predicted molar refractivity (Wildman–Crippen MR) is 372 cm³/mol. The summed E-state index contributed by atoms with van der Waals surface area (Å²) in [4.78, 5) is 108. The van der Waals surface area contributed by atoms with Crippen molar-refractivity contribution in [3.63, 3.8) is 0 Å². The molecule has 4 fully saturated rings. The molecule has 0 saturated carbocycles. The van der Waals surface area contributed by atoms with Crippen LogP contribution in [0.3, 0.4) is 0 Å². The molecule has 566 valence electrons. The molecule has 101 heavy (non-hydrogen) atoms. The van der Waals surface area contributed by atoms with E-state index in [1.807, 2.05) is 53.2 Å². The van der Waals surface area contributed by atoms with Gasteiger partial charge in [-0.2, -0.15) is 0 Å². The van der Waals surface area contributed by atoms with Crippen LogP contribution in [0, 0.1) is 5.92 Å². The minimum absolute atomic E-state index is 0.0173. The third-order valence-corrected chi connectivity index (χ3v) is 22.6. The van der Waals surface area contributed by atoms with Crippen molar-refractivity contribution < 1.29 is 127 Å². The topological polar surface area (TPSA) is 411 Å². The number of ether oxygens (including phenoxy) is 8. The number of amides is 2. The summed E-state index contributed by atoms with van der Waals surface area (Å²) in [7, 11) is -4.67. The summed E-state index contributed by atoms with van der Waals surface area (Å²) in [6.07, 6.45) is -2.51. The molecular weight excluding hydrogens is 1470 g/mol. The molecule has 7 N–H and O–H groups in total. The van der Waals surface area contributed by atoms with Gasteiger partial charge in [-0.15, -0.1) is 5.10 Å². The molecule has 5 aliphatic heterocycles. The number of hydrogen-bond donors (Lipinski definition) is 6. The van der Waals surface area contributed by atoms with E-state index in [1.54, 1.807) is 4.90 Å². The van der Waals surface area contributed by atoms with Crippen LogP contribution in [-0.2, 0) is 151 Å². The number of ketones is 3. The number of anilines is 1. The van der Waals surface area contributed by atoms with Gasteiger partial charge in [-0.25, -0.2) is 9.25 Å². The summed E-state index contributed by atoms with van der Waals surface area (Å²) in [6, 6.07) is 15.4. The highest BCUT2D eigenvalue weighted by Gasteiger charge is 2.42. The first-order chi connectivity index (χ1) is 48.3. The van der Waals surface area contributed by atoms with Gasteiger partial charge in [0.25, 0.3) is 0 Å². The number of phosphoric acid groups is 1. The van der Waals surface area contributed by atoms with E-state index in [9.17, 15) is 53.2 Å². The Labute approximate surface area is 601 Å². The Morgan fingerprint density at radius 2 is 1.06 bits per heavy atom. The first-order valence-electron chi connectivity index (χ1n) is 33.6. The van der Waals surface area contributed by atoms with Crippen molar-refractivity contribution in [2.24, 2.45) is 11.7 Å². The van der Waals surface area contributed by atoms with Crippen LogP contribution in [0.5, 0.6) is 0 Å². The number of para-hydroxylation sites is 1. The van der Waals surface area contributed by atoms with Gasteiger partial charge in [-0.05, 0) is 79.7 Å². The minimum Gasteiger partial charge on any atom is -0.390 e. The number of hydrogen-bond acceptors (Lipinski definition) is 28. The van der Waals surface area contributed by atoms with Crippen LogP contribution in [0.1, 0.15) is 102 Å². The number of aromatic nitrogens is 3. The quantitative estimate of drug-likeness (QED) is 0.0289. The molecule has 1 aromatic heterocycles. The van der Waals surface area contributed by atoms with Crippen molar-refractivity contribution in [2.75, 3.05) is 117 Å². The van der Waals surface area contributed by atoms with Gasteiger partial charge in [0.05, 0.1) is 128 Å². The lowest BCUT2D eigenvalue weighted by atomic mass is 9.94. The van der Waals surface area contributed by atoms with Crippen molar-refractivity contribution in [1.82, 2.24) is 15.0 Å². The molecule has 13 atom stereocenters. The fourth-order valence-corrected chi connectivity index (χ4v) is 16.8. The van der Waals surface area contributed by atoms with Gasteiger partial charge in [0, 0.05) is 108 Å². The number of rotatable bonds is 49. The Kier molecular flexibility index (Phi) is 34.6. The van der Waals surface area contributed by atoms with Gasteiger partial charge in [-0.3, -0.25) is 28.2 Å². The lowest BCUT2D eigenvalue weighted by Gasteiger charge is -2.28. The van der Waals surface area contributed by atoms with E-state index in [-0.39, 0.29) is 167 Å². The highest BCUT2D eigenvalue weighted by atomic mass is 32.5. The minimum atomic E-state index is -4.67. The van der Waals surface area contributed by atoms with Gasteiger partial charge in [0.1, 0.15) is 47.5 Å². The predicted octanol–water partition coefficient (Wildman–Crippen LogP) is 5.76. The van der Waals surface area contributed by atoms with E-state index < -0.39 is 102 Å². The maximum atomic E-state index is 14.0. The van der Waals surface area contributed by atoms with Gasteiger partial charge in [0.2, 0.25) is 11.8 Å². The van der Waals surface area contributed by atoms with Crippen LogP contribution in [-0.4, -0.2) is 230 Å². The zero-order valence-electron chi connectivity index (χ0n) is 56.2. The standard InChI is InChI=1S/C62H93N5O27P4S3/c1-43(68)37-44(62(63)73)9-6-7-23-67-61-48-12-3-2-10-45(48)38-66(50-14-5-4-13-49(50)60(61)64-65-67)59(72)15-8-11-46(69)16-24-79-31-33-81-35-36-82-34-32-80-25-17-47(70)18-30-87-95(74,75)88-40-56-52(20-27-84-56)92-97(77,100)90-42-58-54(22-29-86-58)94-98(78,101)91-41-57-53(21-28-85-57)93-96(76,99)89-39-55-51(71)19-26-83-55/h2-5,10,12-14,44,51-58,71H,6-9,11,15-42H2,1H3,(H2,63,73)(H,74,75)(H,76,99)(H,77,100)(H,78,101)/t44-,51-,52?,53?,54-,55-,56+,57+,58-,96?,97?,98?/m0/s1. The third kappa shape index (κ3) is 28.2. The summed E-state index contributed by atoms with van der Waals surface area (Å²) in [5.74, 6) is -1.50. The van der Waals surface area contributed by atoms with E-state index in [0.29, 0.717) is 69.6 Å². The molecule has 0 bridgehead atoms. The fourth-order valence-electron chi connectivity index (χ4n) is 11.6. The number of aliphatic hydroxyl groups excluding tert-OH is 1. The Balaban J connectivity index is 0.610. The molecule has 8 rings (SSSR count). The highest BCUT2D eigenvalue weighted by molar-refractivity contribution is 8.07. The number of carbonyl (C=O) groups excluding carboxylic acids is 5. The largest absolute Gasteiger partial charge is 0.472 e. The van der Waals surface area contributed by atoms with E-state index in [2.05, 4.69) is 10.3 Å². The number of primary amides is 1. The van der Waals surface area contributed by atoms with Crippen LogP contribution in [0.25, 0.3) is 22.5 Å². The van der Waals surface area contributed by atoms with Gasteiger partial charge in [-0.1, -0.05) is 54.1 Å². The number of nitrogens with two attached hydrogens (primary N) is 1. The third-order valence-electron chi connectivity index (χ3n) is 16.9. The first kappa shape index (κ1) is 83.5. The zero-order valence-corrected chi connectivity index (χ0v) is 62.3. The number of aryl methyl sites for hydroxylation is 1. The second-order valence-corrected chi connectivity index (χ2v) is 34.3. The van der Waals surface area contributed by atoms with Crippen molar-refractivity contribution in [2.45, 2.75) is 159 Å². The molecular formula is C62H93N5O27P4S3. The molecule has 0 radical (unpaired) electrons. The summed E-state index contributed by atoms with van der Waals surface area (Å²) in [6.45, 7) is -8.35. The average Bonchev–Trinajstić information content (AvgIpc) is 1.72. The second-order valence-electron chi connectivity index (χ2n) is 24.5. The molecule has 2 amide bonds. The zero-order chi connectivity index (χ0) is 72.4. The SMILES string of the molecule is CC(=O)C[C@H](CCCCn1nnc2c1-c1ccccc1CN(C(=O)CCCC(=O)CCOCCOCCOCCOCCC(=O)CCOP(=O)(O)OC[C@H]1OCCC1OP(O)(=S)OC[C@@H]1OCC[C@@H]1OP(O)(=S)OC[C@H]1OCCC1OP(O)(=S)OC[C@@H]1OCC[C@@H]1O)c1ccccc1-2)C(N)=O. The molecule has 6 heterocycles. The van der Waals surface area contributed by atoms with Gasteiger partial charge in [0.15, 0.2) is 0 Å². The number of nitrogens with zero attached hydrogens (tertiary/aromatic N) is 4. The van der Waals surface area contributed by atoms with E-state index in [0.717, 1.165) is 22.4 Å². The number of fused-ring (bicyclic) bond motifs is 5. The van der Waals surface area contributed by atoms with E-state index in [4.69, 9.17) is 115 Å². The van der Waals surface area contributed by atoms with Crippen molar-refractivity contribution in [3.05, 3.63) is 54.1 Å². The molecule has 0 aliphatic carbocycles. The molecule has 2 aromatic carbocycles. The molecule has 32 nitrogen and oxygen atoms in total.